The molecular weight excluding hydrogens is 184 g/mol. The fraction of sp³-hybridized carbons (Fsp3) is 0.556. The van der Waals surface area contributed by atoms with Crippen LogP contribution in [-0.2, 0) is 4.74 Å². The number of nitriles is 1. The first-order chi connectivity index (χ1) is 6.42. The van der Waals surface area contributed by atoms with Crippen LogP contribution in [0.3, 0.4) is 0 Å². The topological polar surface area (TPSA) is 45.9 Å². The van der Waals surface area contributed by atoms with E-state index in [4.69, 9.17) is 10.00 Å². The van der Waals surface area contributed by atoms with Crippen LogP contribution < -0.4 is 0 Å². The summed E-state index contributed by atoms with van der Waals surface area (Å²) in [7, 11) is 0. The van der Waals surface area contributed by atoms with E-state index in [0.29, 0.717) is 5.92 Å². The van der Waals surface area contributed by atoms with Gasteiger partial charge >= 0.3 is 0 Å². The molecule has 0 atom stereocenters. The van der Waals surface area contributed by atoms with Gasteiger partial charge in [0.15, 0.2) is 0 Å². The molecule has 0 N–H and O–H groups in total. The van der Waals surface area contributed by atoms with Crippen molar-refractivity contribution in [2.24, 2.45) is 0 Å². The highest BCUT2D eigenvalue weighted by Gasteiger charge is 2.20. The van der Waals surface area contributed by atoms with Crippen LogP contribution in [0.4, 0.5) is 0 Å². The van der Waals surface area contributed by atoms with Gasteiger partial charge in [-0.2, -0.15) is 5.26 Å². The number of rotatable bonds is 1. The lowest BCUT2D eigenvalue weighted by Gasteiger charge is -2.20. The minimum absolute atomic E-state index is 0.439. The molecule has 4 heteroatoms. The maximum atomic E-state index is 8.83. The van der Waals surface area contributed by atoms with Gasteiger partial charge in [-0.25, -0.2) is 4.98 Å². The smallest absolute Gasteiger partial charge is 0.128 e. The second kappa shape index (κ2) is 3.86. The van der Waals surface area contributed by atoms with Crippen LogP contribution in [0, 0.1) is 11.3 Å². The summed E-state index contributed by atoms with van der Waals surface area (Å²) in [6.45, 7) is 1.60. The van der Waals surface area contributed by atoms with Crippen LogP contribution in [0.15, 0.2) is 5.51 Å². The second-order valence-corrected chi connectivity index (χ2v) is 3.92. The Balaban J connectivity index is 2.19. The Bertz CT molecular complexity index is 323. The predicted molar refractivity (Wildman–Crippen MR) is 49.6 cm³/mol. The fourth-order valence-electron chi connectivity index (χ4n) is 1.60. The largest absolute Gasteiger partial charge is 0.381 e. The van der Waals surface area contributed by atoms with E-state index in [1.54, 1.807) is 5.51 Å². The summed E-state index contributed by atoms with van der Waals surface area (Å²) in [4.78, 5) is 5.02. The lowest BCUT2D eigenvalue weighted by atomic mass is 9.96. The van der Waals surface area contributed by atoms with Gasteiger partial charge in [-0.15, -0.1) is 11.3 Å². The van der Waals surface area contributed by atoms with Crippen molar-refractivity contribution >= 4 is 11.3 Å². The molecule has 0 bridgehead atoms. The third kappa shape index (κ3) is 1.71. The molecule has 1 saturated heterocycles. The van der Waals surface area contributed by atoms with Gasteiger partial charge in [0.1, 0.15) is 10.9 Å². The molecule has 3 nitrogen and oxygen atoms in total. The molecule has 1 aromatic heterocycles. The van der Waals surface area contributed by atoms with Crippen LogP contribution in [0.2, 0.25) is 0 Å². The van der Waals surface area contributed by atoms with Gasteiger partial charge in [0.2, 0.25) is 0 Å². The highest BCUT2D eigenvalue weighted by Crippen LogP contribution is 2.29. The van der Waals surface area contributed by atoms with Gasteiger partial charge in [0.25, 0.3) is 0 Å². The molecule has 0 aliphatic carbocycles. The average molecular weight is 194 g/mol. The minimum atomic E-state index is 0.439. The summed E-state index contributed by atoms with van der Waals surface area (Å²) in [5.74, 6) is 0.439. The molecular formula is C9H10N2OS. The zero-order valence-corrected chi connectivity index (χ0v) is 8.01. The molecule has 1 aromatic rings. The maximum absolute atomic E-state index is 8.83. The van der Waals surface area contributed by atoms with Crippen LogP contribution >= 0.6 is 11.3 Å². The third-order valence-corrected chi connectivity index (χ3v) is 3.05. The van der Waals surface area contributed by atoms with E-state index in [2.05, 4.69) is 11.1 Å². The minimum Gasteiger partial charge on any atom is -0.381 e. The van der Waals surface area contributed by atoms with E-state index in [1.165, 1.54) is 11.3 Å². The van der Waals surface area contributed by atoms with Crippen LogP contribution in [-0.4, -0.2) is 18.2 Å². The first-order valence-corrected chi connectivity index (χ1v) is 5.21. The van der Waals surface area contributed by atoms with E-state index in [1.807, 2.05) is 0 Å². The van der Waals surface area contributed by atoms with Crippen molar-refractivity contribution in [1.82, 2.24) is 4.98 Å². The van der Waals surface area contributed by atoms with E-state index < -0.39 is 0 Å². The van der Waals surface area contributed by atoms with Gasteiger partial charge in [0.05, 0.1) is 11.2 Å². The maximum Gasteiger partial charge on any atom is 0.128 e. The highest BCUT2D eigenvalue weighted by molar-refractivity contribution is 7.10. The SMILES string of the molecule is N#Cc1scnc1C1CCOCC1. The summed E-state index contributed by atoms with van der Waals surface area (Å²) in [5.41, 5.74) is 2.74. The molecule has 1 aliphatic heterocycles. The van der Waals surface area contributed by atoms with Crippen LogP contribution in [0.5, 0.6) is 0 Å². The van der Waals surface area contributed by atoms with Gasteiger partial charge in [-0.05, 0) is 12.8 Å². The first kappa shape index (κ1) is 8.67. The van der Waals surface area contributed by atoms with Crippen molar-refractivity contribution in [1.29, 1.82) is 5.26 Å². The Morgan fingerprint density at radius 1 is 1.54 bits per heavy atom. The average Bonchev–Trinajstić information content (AvgIpc) is 2.67. The Hall–Kier alpha value is -0.920. The summed E-state index contributed by atoms with van der Waals surface area (Å²) >= 11 is 1.43. The van der Waals surface area contributed by atoms with Crippen molar-refractivity contribution in [3.8, 4) is 6.07 Å². The predicted octanol–water partition coefficient (Wildman–Crippen LogP) is 1.91. The summed E-state index contributed by atoms with van der Waals surface area (Å²) in [6.07, 6.45) is 2.00. The quantitative estimate of drug-likeness (QED) is 0.686. The summed E-state index contributed by atoms with van der Waals surface area (Å²) < 4.78 is 5.26. The van der Waals surface area contributed by atoms with E-state index >= 15 is 0 Å². The molecule has 1 fully saturated rings. The number of aromatic nitrogens is 1. The number of ether oxygens (including phenoxy) is 1. The molecule has 2 heterocycles. The first-order valence-electron chi connectivity index (χ1n) is 4.33. The van der Waals surface area contributed by atoms with Crippen molar-refractivity contribution in [2.75, 3.05) is 13.2 Å². The van der Waals surface area contributed by atoms with Crippen LogP contribution in [0.25, 0.3) is 0 Å². The third-order valence-electron chi connectivity index (χ3n) is 2.30. The molecule has 0 amide bonds. The molecule has 2 rings (SSSR count). The van der Waals surface area contributed by atoms with Crippen molar-refractivity contribution in [3.05, 3.63) is 16.1 Å². The normalized spacial score (nSPS) is 18.4. The van der Waals surface area contributed by atoms with Crippen LogP contribution in [0.1, 0.15) is 29.3 Å². The number of hydrogen-bond acceptors (Lipinski definition) is 4. The molecule has 1 aliphatic rings. The monoisotopic (exact) mass is 194 g/mol. The molecule has 0 unspecified atom stereocenters. The van der Waals surface area contributed by atoms with Gasteiger partial charge in [-0.1, -0.05) is 0 Å². The second-order valence-electron chi connectivity index (χ2n) is 3.07. The summed E-state index contributed by atoms with van der Waals surface area (Å²) in [6, 6.07) is 2.19. The Labute approximate surface area is 81.0 Å². The van der Waals surface area contributed by atoms with E-state index in [0.717, 1.165) is 36.6 Å². The molecule has 0 spiro atoms. The number of thiazole rings is 1. The van der Waals surface area contributed by atoms with Crippen molar-refractivity contribution in [3.63, 3.8) is 0 Å². The lowest BCUT2D eigenvalue weighted by Crippen LogP contribution is -2.14. The molecule has 0 saturated carbocycles. The van der Waals surface area contributed by atoms with E-state index in [-0.39, 0.29) is 0 Å². The fourth-order valence-corrected chi connectivity index (χ4v) is 2.26. The Morgan fingerprint density at radius 3 is 3.00 bits per heavy atom. The standard InChI is InChI=1S/C9H10N2OS/c10-5-8-9(11-6-13-8)7-1-3-12-4-2-7/h6-7H,1-4H2. The number of nitrogens with zero attached hydrogens (tertiary/aromatic N) is 2. The highest BCUT2D eigenvalue weighted by atomic mass is 32.1. The molecule has 0 radical (unpaired) electrons. The van der Waals surface area contributed by atoms with E-state index in [9.17, 15) is 0 Å². The zero-order chi connectivity index (χ0) is 9.10. The van der Waals surface area contributed by atoms with Crippen molar-refractivity contribution < 1.29 is 4.74 Å². The molecule has 68 valence electrons. The lowest BCUT2D eigenvalue weighted by molar-refractivity contribution is 0.0846. The Kier molecular flexibility index (Phi) is 2.57. The van der Waals surface area contributed by atoms with Gasteiger partial charge < -0.3 is 4.74 Å². The molecule has 0 aromatic carbocycles. The van der Waals surface area contributed by atoms with Gasteiger partial charge in [-0.3, -0.25) is 0 Å². The van der Waals surface area contributed by atoms with Gasteiger partial charge in [0, 0.05) is 19.1 Å². The molecule has 13 heavy (non-hydrogen) atoms. The van der Waals surface area contributed by atoms with Crippen molar-refractivity contribution in [2.45, 2.75) is 18.8 Å². The summed E-state index contributed by atoms with van der Waals surface area (Å²) in [5, 5.41) is 8.83. The Morgan fingerprint density at radius 2 is 2.31 bits per heavy atom. The number of hydrogen-bond donors (Lipinski definition) is 0. The zero-order valence-electron chi connectivity index (χ0n) is 7.19.